The van der Waals surface area contributed by atoms with Gasteiger partial charge < -0.3 is 24.2 Å². The van der Waals surface area contributed by atoms with Crippen LogP contribution in [0.25, 0.3) is 0 Å². The molecule has 0 aliphatic rings. The first-order chi connectivity index (χ1) is 17.6. The molecule has 3 amide bonds. The second kappa shape index (κ2) is 11.6. The van der Waals surface area contributed by atoms with E-state index in [1.807, 2.05) is 6.07 Å². The van der Waals surface area contributed by atoms with Gasteiger partial charge in [0.25, 0.3) is 5.91 Å². The Morgan fingerprint density at radius 2 is 1.58 bits per heavy atom. The lowest BCUT2D eigenvalue weighted by Gasteiger charge is -2.31. The average Bonchev–Trinajstić information content (AvgIpc) is 3.64. The third-order valence-corrected chi connectivity index (χ3v) is 5.40. The Kier molecular flexibility index (Phi) is 7.82. The molecular formula is C27H25N3O6. The fourth-order valence-electron chi connectivity index (χ4n) is 3.65. The van der Waals surface area contributed by atoms with Crippen LogP contribution in [0.1, 0.15) is 27.9 Å². The van der Waals surface area contributed by atoms with E-state index in [1.54, 1.807) is 66.7 Å². The third kappa shape index (κ3) is 5.82. The number of ether oxygens (including phenoxy) is 1. The van der Waals surface area contributed by atoms with Gasteiger partial charge in [0.15, 0.2) is 5.76 Å². The van der Waals surface area contributed by atoms with E-state index in [4.69, 9.17) is 13.6 Å². The number of hydrogen-bond acceptors (Lipinski definition) is 6. The second-order valence-electron chi connectivity index (χ2n) is 7.73. The maximum Gasteiger partial charge on any atom is 0.287 e. The molecule has 2 heterocycles. The zero-order valence-electron chi connectivity index (χ0n) is 19.5. The normalized spacial score (nSPS) is 11.4. The van der Waals surface area contributed by atoms with E-state index in [-0.39, 0.29) is 18.8 Å². The lowest BCUT2D eigenvalue weighted by atomic mass is 10.0. The number of anilines is 1. The monoisotopic (exact) mass is 487 g/mol. The minimum atomic E-state index is -1.03. The Morgan fingerprint density at radius 1 is 0.861 bits per heavy atom. The third-order valence-electron chi connectivity index (χ3n) is 5.40. The van der Waals surface area contributed by atoms with Crippen molar-refractivity contribution in [2.24, 2.45) is 0 Å². The van der Waals surface area contributed by atoms with Crippen LogP contribution < -0.4 is 20.3 Å². The zero-order valence-corrected chi connectivity index (χ0v) is 19.5. The van der Waals surface area contributed by atoms with E-state index < -0.39 is 23.8 Å². The van der Waals surface area contributed by atoms with E-state index >= 15 is 0 Å². The molecule has 1 unspecified atom stereocenters. The van der Waals surface area contributed by atoms with Crippen LogP contribution in [0.2, 0.25) is 0 Å². The van der Waals surface area contributed by atoms with Gasteiger partial charge in [0.1, 0.15) is 17.6 Å². The van der Waals surface area contributed by atoms with Gasteiger partial charge in [0.2, 0.25) is 11.8 Å². The van der Waals surface area contributed by atoms with E-state index in [1.165, 1.54) is 30.6 Å². The predicted molar refractivity (Wildman–Crippen MR) is 131 cm³/mol. The van der Waals surface area contributed by atoms with Crippen molar-refractivity contribution in [3.05, 3.63) is 108 Å². The van der Waals surface area contributed by atoms with E-state index in [0.717, 1.165) is 0 Å². The lowest BCUT2D eigenvalue weighted by molar-refractivity contribution is -0.126. The van der Waals surface area contributed by atoms with Gasteiger partial charge in [0, 0.05) is 5.69 Å². The van der Waals surface area contributed by atoms with Crippen LogP contribution in [0.15, 0.2) is 100 Å². The van der Waals surface area contributed by atoms with Crippen molar-refractivity contribution < 1.29 is 28.0 Å². The summed E-state index contributed by atoms with van der Waals surface area (Å²) in [6, 6.07) is 21.2. The Bertz CT molecular complexity index is 1270. The molecule has 9 heteroatoms. The van der Waals surface area contributed by atoms with Gasteiger partial charge in [-0.2, -0.15) is 0 Å². The number of carbonyl (C=O) groups excluding carboxylic acids is 3. The first kappa shape index (κ1) is 24.3. The molecule has 2 aromatic carbocycles. The maximum absolute atomic E-state index is 13.6. The first-order valence-electron chi connectivity index (χ1n) is 11.2. The molecule has 1 atom stereocenters. The highest BCUT2D eigenvalue weighted by molar-refractivity contribution is 6.04. The quantitative estimate of drug-likeness (QED) is 0.353. The van der Waals surface area contributed by atoms with Gasteiger partial charge >= 0.3 is 0 Å². The number of carbonyl (C=O) groups is 3. The number of hydrogen-bond donors (Lipinski definition) is 2. The number of furan rings is 2. The smallest absolute Gasteiger partial charge is 0.287 e. The minimum absolute atomic E-state index is 0.0783. The van der Waals surface area contributed by atoms with Crippen LogP contribution in [0.4, 0.5) is 5.69 Å². The minimum Gasteiger partial charge on any atom is -0.497 e. The number of nitrogens with one attached hydrogen (secondary N) is 2. The molecule has 0 aliphatic heterocycles. The van der Waals surface area contributed by atoms with E-state index in [9.17, 15) is 14.4 Å². The Balaban J connectivity index is 1.66. The summed E-state index contributed by atoms with van der Waals surface area (Å²) in [7, 11) is 1.54. The number of methoxy groups -OCH3 is 1. The molecule has 4 rings (SSSR count). The topological polar surface area (TPSA) is 114 Å². The molecule has 0 saturated carbocycles. The van der Waals surface area contributed by atoms with Crippen LogP contribution in [-0.2, 0) is 16.1 Å². The highest BCUT2D eigenvalue weighted by atomic mass is 16.5. The Morgan fingerprint density at radius 3 is 2.22 bits per heavy atom. The highest BCUT2D eigenvalue weighted by Gasteiger charge is 2.33. The molecule has 0 saturated heterocycles. The van der Waals surface area contributed by atoms with Crippen LogP contribution in [0.5, 0.6) is 5.75 Å². The number of benzene rings is 2. The van der Waals surface area contributed by atoms with Gasteiger partial charge in [0.05, 0.1) is 32.7 Å². The molecular weight excluding hydrogens is 462 g/mol. The van der Waals surface area contributed by atoms with Gasteiger partial charge in [-0.15, -0.1) is 0 Å². The van der Waals surface area contributed by atoms with Crippen LogP contribution in [-0.4, -0.2) is 31.4 Å². The summed E-state index contributed by atoms with van der Waals surface area (Å²) < 4.78 is 15.7. The van der Waals surface area contributed by atoms with Crippen LogP contribution in [0, 0.1) is 0 Å². The molecule has 0 spiro atoms. The molecule has 2 aromatic heterocycles. The van der Waals surface area contributed by atoms with Gasteiger partial charge in [-0.1, -0.05) is 30.3 Å². The van der Waals surface area contributed by atoms with Crippen LogP contribution in [0.3, 0.4) is 0 Å². The number of amides is 3. The SMILES string of the molecule is COc1ccc(N(C(=O)CNC(=O)c2ccco2)C(C(=O)NCc2ccco2)c2ccccc2)cc1. The lowest BCUT2D eigenvalue weighted by Crippen LogP contribution is -2.47. The zero-order chi connectivity index (χ0) is 25.3. The van der Waals surface area contributed by atoms with Crippen molar-refractivity contribution in [3.63, 3.8) is 0 Å². The largest absolute Gasteiger partial charge is 0.497 e. The Labute approximate surface area is 207 Å². The van der Waals surface area contributed by atoms with Crippen molar-refractivity contribution in [2.45, 2.75) is 12.6 Å². The van der Waals surface area contributed by atoms with E-state index in [2.05, 4.69) is 10.6 Å². The molecule has 9 nitrogen and oxygen atoms in total. The van der Waals surface area contributed by atoms with Crippen molar-refractivity contribution in [1.82, 2.24) is 10.6 Å². The van der Waals surface area contributed by atoms with Crippen molar-refractivity contribution in [1.29, 1.82) is 0 Å². The van der Waals surface area contributed by atoms with Crippen LogP contribution >= 0.6 is 0 Å². The van der Waals surface area contributed by atoms with Crippen molar-refractivity contribution >= 4 is 23.4 Å². The van der Waals surface area contributed by atoms with Gasteiger partial charge in [-0.25, -0.2) is 0 Å². The highest BCUT2D eigenvalue weighted by Crippen LogP contribution is 2.29. The second-order valence-corrected chi connectivity index (χ2v) is 7.73. The molecule has 0 bridgehead atoms. The summed E-state index contributed by atoms with van der Waals surface area (Å²) in [5.41, 5.74) is 1.05. The summed E-state index contributed by atoms with van der Waals surface area (Å²) in [5, 5.41) is 5.41. The van der Waals surface area contributed by atoms with Crippen molar-refractivity contribution in [2.75, 3.05) is 18.6 Å². The fraction of sp³-hybridized carbons (Fsp3) is 0.148. The first-order valence-corrected chi connectivity index (χ1v) is 11.2. The average molecular weight is 488 g/mol. The number of rotatable bonds is 10. The van der Waals surface area contributed by atoms with Gasteiger partial charge in [-0.05, 0) is 54.1 Å². The molecule has 184 valence electrons. The molecule has 36 heavy (non-hydrogen) atoms. The molecule has 0 fully saturated rings. The summed E-state index contributed by atoms with van der Waals surface area (Å²) in [6.45, 7) is -0.213. The summed E-state index contributed by atoms with van der Waals surface area (Å²) in [6.07, 6.45) is 2.89. The molecule has 4 aromatic rings. The molecule has 0 aliphatic carbocycles. The Hall–Kier alpha value is -4.79. The summed E-state index contributed by atoms with van der Waals surface area (Å²) >= 11 is 0. The van der Waals surface area contributed by atoms with E-state index in [0.29, 0.717) is 22.8 Å². The summed E-state index contributed by atoms with van der Waals surface area (Å²) in [4.78, 5) is 40.8. The maximum atomic E-state index is 13.6. The summed E-state index contributed by atoms with van der Waals surface area (Å²) in [5.74, 6) is -0.212. The standard InChI is InChI=1S/C27H25N3O6/c1-34-21-13-11-20(12-14-21)30(24(31)18-29-26(32)23-10-6-16-36-23)25(19-7-3-2-4-8-19)27(33)28-17-22-9-5-15-35-22/h2-16,25H,17-18H2,1H3,(H,28,33)(H,29,32). The number of nitrogens with zero attached hydrogens (tertiary/aromatic N) is 1. The van der Waals surface area contributed by atoms with Crippen molar-refractivity contribution in [3.8, 4) is 5.75 Å². The fourth-order valence-corrected chi connectivity index (χ4v) is 3.65. The molecule has 0 radical (unpaired) electrons. The molecule has 2 N–H and O–H groups in total. The predicted octanol–water partition coefficient (Wildman–Crippen LogP) is 3.70. The van der Waals surface area contributed by atoms with Gasteiger partial charge in [-0.3, -0.25) is 19.3 Å².